The summed E-state index contributed by atoms with van der Waals surface area (Å²) >= 11 is 0. The molecule has 1 aromatic rings. The zero-order valence-electron chi connectivity index (χ0n) is 12.7. The number of rotatable bonds is 3. The summed E-state index contributed by atoms with van der Waals surface area (Å²) in [6, 6.07) is 8.28. The summed E-state index contributed by atoms with van der Waals surface area (Å²) in [4.78, 5) is 12.8. The zero-order chi connectivity index (χ0) is 14.7. The first kappa shape index (κ1) is 13.1. The Bertz CT molecular complexity index is 640. The summed E-state index contributed by atoms with van der Waals surface area (Å²) in [5.41, 5.74) is 3.27. The number of nitriles is 1. The molecule has 3 aliphatic carbocycles. The van der Waals surface area contributed by atoms with Crippen molar-refractivity contribution in [2.75, 3.05) is 0 Å². The highest BCUT2D eigenvalue weighted by Crippen LogP contribution is 2.70. The molecule has 4 rings (SSSR count). The van der Waals surface area contributed by atoms with Gasteiger partial charge in [-0.05, 0) is 73.5 Å². The molecule has 3 saturated carbocycles. The molecule has 0 spiro atoms. The predicted molar refractivity (Wildman–Crippen MR) is 80.6 cm³/mol. The molecule has 0 aromatic heterocycles. The molecule has 0 heterocycles. The smallest absolute Gasteiger partial charge is 0.158 e. The van der Waals surface area contributed by atoms with Crippen molar-refractivity contribution in [1.82, 2.24) is 0 Å². The molecule has 0 aliphatic heterocycles. The number of carbonyl (C=O) groups is 1. The van der Waals surface area contributed by atoms with Crippen LogP contribution < -0.4 is 0 Å². The van der Waals surface area contributed by atoms with Gasteiger partial charge in [0.2, 0.25) is 0 Å². The Hall–Kier alpha value is -1.62. The second-order valence-corrected chi connectivity index (χ2v) is 7.32. The molecule has 2 heteroatoms. The maximum atomic E-state index is 12.8. The maximum Gasteiger partial charge on any atom is 0.158 e. The van der Waals surface area contributed by atoms with E-state index < -0.39 is 5.92 Å². The number of aryl methyl sites for hydroxylation is 2. The van der Waals surface area contributed by atoms with Crippen LogP contribution >= 0.6 is 0 Å². The van der Waals surface area contributed by atoms with Crippen LogP contribution in [0.25, 0.3) is 0 Å². The van der Waals surface area contributed by atoms with E-state index in [-0.39, 0.29) is 11.7 Å². The van der Waals surface area contributed by atoms with Crippen LogP contribution in [0.3, 0.4) is 0 Å². The first-order valence-electron chi connectivity index (χ1n) is 8.12. The molecule has 1 aromatic carbocycles. The van der Waals surface area contributed by atoms with Crippen LogP contribution in [0.15, 0.2) is 18.2 Å². The summed E-state index contributed by atoms with van der Waals surface area (Å²) in [7, 11) is 0. The normalized spacial score (nSPS) is 36.9. The van der Waals surface area contributed by atoms with Crippen LogP contribution in [0.2, 0.25) is 0 Å². The highest BCUT2D eigenvalue weighted by molar-refractivity contribution is 5.93. The van der Waals surface area contributed by atoms with Crippen molar-refractivity contribution in [3.63, 3.8) is 0 Å². The SMILES string of the molecule is Cc1ccc(C(C#N)C(=O)C2C3C4CCC(C4)C23)cc1C. The molecule has 21 heavy (non-hydrogen) atoms. The second-order valence-electron chi connectivity index (χ2n) is 7.32. The van der Waals surface area contributed by atoms with Gasteiger partial charge in [0.05, 0.1) is 6.07 Å². The Balaban J connectivity index is 1.58. The molecule has 5 unspecified atom stereocenters. The van der Waals surface area contributed by atoms with Crippen LogP contribution in [0.4, 0.5) is 0 Å². The average molecular weight is 279 g/mol. The molecular weight excluding hydrogens is 258 g/mol. The van der Waals surface area contributed by atoms with Crippen molar-refractivity contribution < 1.29 is 4.79 Å². The average Bonchev–Trinajstić information content (AvgIpc) is 2.91. The first-order valence-corrected chi connectivity index (χ1v) is 8.12. The lowest BCUT2D eigenvalue weighted by Crippen LogP contribution is -2.17. The minimum absolute atomic E-state index is 0.197. The van der Waals surface area contributed by atoms with E-state index in [1.165, 1.54) is 24.8 Å². The Kier molecular flexibility index (Phi) is 2.76. The van der Waals surface area contributed by atoms with Gasteiger partial charge in [0, 0.05) is 5.92 Å². The third-order valence-corrected chi connectivity index (χ3v) is 6.34. The van der Waals surface area contributed by atoms with Crippen LogP contribution in [-0.4, -0.2) is 5.78 Å². The van der Waals surface area contributed by atoms with Gasteiger partial charge >= 0.3 is 0 Å². The standard InChI is InChI=1S/C19H21NO/c1-10-3-4-12(7-11(10)2)15(9-20)19(21)18-16-13-5-6-14(8-13)17(16)18/h3-4,7,13-18H,5-6,8H2,1-2H3. The van der Waals surface area contributed by atoms with Crippen LogP contribution in [0.5, 0.6) is 0 Å². The number of nitrogens with zero attached hydrogens (tertiary/aromatic N) is 1. The molecule has 3 aliphatic rings. The zero-order valence-corrected chi connectivity index (χ0v) is 12.7. The van der Waals surface area contributed by atoms with E-state index in [2.05, 4.69) is 13.0 Å². The van der Waals surface area contributed by atoms with Crippen molar-refractivity contribution in [3.05, 3.63) is 34.9 Å². The summed E-state index contributed by atoms with van der Waals surface area (Å²) in [6.07, 6.45) is 3.98. The topological polar surface area (TPSA) is 40.9 Å². The van der Waals surface area contributed by atoms with Gasteiger partial charge in [0.1, 0.15) is 5.92 Å². The van der Waals surface area contributed by atoms with Crippen molar-refractivity contribution in [2.45, 2.75) is 39.0 Å². The van der Waals surface area contributed by atoms with Crippen LogP contribution in [-0.2, 0) is 4.79 Å². The van der Waals surface area contributed by atoms with E-state index in [0.29, 0.717) is 11.8 Å². The highest BCUT2D eigenvalue weighted by atomic mass is 16.1. The molecule has 0 saturated heterocycles. The van der Waals surface area contributed by atoms with Gasteiger partial charge < -0.3 is 0 Å². The molecular formula is C19H21NO. The van der Waals surface area contributed by atoms with Crippen LogP contribution in [0, 0.1) is 54.8 Å². The minimum atomic E-state index is -0.556. The molecule has 0 N–H and O–H groups in total. The largest absolute Gasteiger partial charge is 0.298 e. The van der Waals surface area contributed by atoms with Crippen molar-refractivity contribution in [2.24, 2.45) is 29.6 Å². The molecule has 108 valence electrons. The number of carbonyl (C=O) groups excluding carboxylic acids is 1. The third-order valence-electron chi connectivity index (χ3n) is 6.34. The van der Waals surface area contributed by atoms with Crippen LogP contribution in [0.1, 0.15) is 41.9 Å². The fourth-order valence-corrected chi connectivity index (χ4v) is 5.14. The van der Waals surface area contributed by atoms with E-state index in [9.17, 15) is 10.1 Å². The maximum absolute atomic E-state index is 12.8. The number of fused-ring (bicyclic) bond motifs is 5. The van der Waals surface area contributed by atoms with E-state index in [1.807, 2.05) is 25.1 Å². The predicted octanol–water partition coefficient (Wildman–Crippen LogP) is 3.77. The number of Topliss-reactive ketones (excluding diaryl/α,β-unsaturated/α-hetero) is 1. The molecule has 0 amide bonds. The molecule has 0 radical (unpaired) electrons. The quantitative estimate of drug-likeness (QED) is 0.845. The number of benzene rings is 1. The number of hydrogen-bond donors (Lipinski definition) is 0. The monoisotopic (exact) mass is 279 g/mol. The van der Waals surface area contributed by atoms with Gasteiger partial charge in [-0.25, -0.2) is 0 Å². The van der Waals surface area contributed by atoms with Crippen molar-refractivity contribution in [3.8, 4) is 6.07 Å². The van der Waals surface area contributed by atoms with Gasteiger partial charge in [-0.2, -0.15) is 5.26 Å². The summed E-state index contributed by atoms with van der Waals surface area (Å²) in [6.45, 7) is 4.11. The Morgan fingerprint density at radius 2 is 1.86 bits per heavy atom. The summed E-state index contributed by atoms with van der Waals surface area (Å²) in [5.74, 6) is 2.66. The Morgan fingerprint density at radius 3 is 2.43 bits per heavy atom. The van der Waals surface area contributed by atoms with E-state index in [0.717, 1.165) is 23.0 Å². The lowest BCUT2D eigenvalue weighted by Gasteiger charge is -2.13. The number of hydrogen-bond acceptors (Lipinski definition) is 2. The Morgan fingerprint density at radius 1 is 1.19 bits per heavy atom. The summed E-state index contributed by atoms with van der Waals surface area (Å²) < 4.78 is 0. The fraction of sp³-hybridized carbons (Fsp3) is 0.579. The number of ketones is 1. The van der Waals surface area contributed by atoms with Gasteiger partial charge in [-0.3, -0.25) is 4.79 Å². The molecule has 5 atom stereocenters. The van der Waals surface area contributed by atoms with Gasteiger partial charge in [-0.15, -0.1) is 0 Å². The first-order chi connectivity index (χ1) is 10.1. The van der Waals surface area contributed by atoms with Gasteiger partial charge in [0.15, 0.2) is 5.78 Å². The van der Waals surface area contributed by atoms with E-state index >= 15 is 0 Å². The molecule has 3 fully saturated rings. The lowest BCUT2D eigenvalue weighted by molar-refractivity contribution is -0.121. The Labute approximate surface area is 126 Å². The third kappa shape index (κ3) is 1.80. The summed E-state index contributed by atoms with van der Waals surface area (Å²) in [5, 5.41) is 9.53. The molecule has 2 nitrogen and oxygen atoms in total. The minimum Gasteiger partial charge on any atom is -0.298 e. The lowest BCUT2D eigenvalue weighted by atomic mass is 9.88. The van der Waals surface area contributed by atoms with Gasteiger partial charge in [-0.1, -0.05) is 18.2 Å². The second kappa shape index (κ2) is 4.44. The van der Waals surface area contributed by atoms with Crippen molar-refractivity contribution in [1.29, 1.82) is 5.26 Å². The van der Waals surface area contributed by atoms with Crippen molar-refractivity contribution >= 4 is 5.78 Å². The molecule has 2 bridgehead atoms. The van der Waals surface area contributed by atoms with Gasteiger partial charge in [0.25, 0.3) is 0 Å². The highest BCUT2D eigenvalue weighted by Gasteiger charge is 2.67. The fourth-order valence-electron chi connectivity index (χ4n) is 5.14. The van der Waals surface area contributed by atoms with E-state index in [4.69, 9.17) is 0 Å². The van der Waals surface area contributed by atoms with E-state index in [1.54, 1.807) is 0 Å².